The van der Waals surface area contributed by atoms with Crippen LogP contribution in [0.3, 0.4) is 0 Å². The highest BCUT2D eigenvalue weighted by atomic mass is 16.7. The zero-order valence-corrected chi connectivity index (χ0v) is 19.4. The SMILES string of the molecule is CC(=O)Nc1c(C)cccc1C(=O)O[C@@H]1CO[C@@H]2C(OC(=O)c3ccccc3OC(C)=O)CO[C@@H]21. The lowest BCUT2D eigenvalue weighted by atomic mass is 10.1. The van der Waals surface area contributed by atoms with Gasteiger partial charge in [0.15, 0.2) is 12.2 Å². The second-order valence-corrected chi connectivity index (χ2v) is 8.25. The lowest BCUT2D eigenvalue weighted by molar-refractivity contribution is -0.131. The standard InChI is InChI=1S/C25H25NO9/c1-13-7-6-9-17(21(13)26-14(2)27)25(30)35-20-12-32-22-19(11-31-23(20)22)34-24(29)16-8-4-5-10-18(16)33-15(3)28/h4-10,19-20,22-23H,11-12H2,1-3H3,(H,26,27)/t19?,20-,22-,23-/m1/s1. The van der Waals surface area contributed by atoms with E-state index in [9.17, 15) is 19.2 Å². The predicted molar refractivity (Wildman–Crippen MR) is 121 cm³/mol. The Hall–Kier alpha value is -3.76. The van der Waals surface area contributed by atoms with Crippen LogP contribution in [-0.2, 0) is 28.5 Å². The summed E-state index contributed by atoms with van der Waals surface area (Å²) in [6.07, 6.45) is -2.73. The van der Waals surface area contributed by atoms with Crippen molar-refractivity contribution < 1.29 is 42.9 Å². The number of nitrogens with one attached hydrogen (secondary N) is 1. The lowest BCUT2D eigenvalue weighted by Crippen LogP contribution is -2.36. The van der Waals surface area contributed by atoms with Crippen molar-refractivity contribution in [3.05, 3.63) is 59.2 Å². The normalized spacial score (nSPS) is 22.7. The largest absolute Gasteiger partial charge is 0.453 e. The molecule has 2 aromatic carbocycles. The molecule has 0 aliphatic carbocycles. The Bertz CT molecular complexity index is 1160. The molecule has 2 aliphatic rings. The molecule has 35 heavy (non-hydrogen) atoms. The first kappa shape index (κ1) is 24.4. The topological polar surface area (TPSA) is 126 Å². The van der Waals surface area contributed by atoms with Crippen LogP contribution in [0.1, 0.15) is 40.1 Å². The van der Waals surface area contributed by atoms with Gasteiger partial charge in [0.05, 0.1) is 24.5 Å². The van der Waals surface area contributed by atoms with Crippen molar-refractivity contribution in [2.75, 3.05) is 18.5 Å². The number of anilines is 1. The molecule has 2 saturated heterocycles. The van der Waals surface area contributed by atoms with Gasteiger partial charge in [-0.05, 0) is 30.7 Å². The van der Waals surface area contributed by atoms with E-state index >= 15 is 0 Å². The zero-order valence-electron chi connectivity index (χ0n) is 19.4. The minimum atomic E-state index is -0.740. The third-order valence-electron chi connectivity index (χ3n) is 5.63. The summed E-state index contributed by atoms with van der Waals surface area (Å²) >= 11 is 0. The number of carbonyl (C=O) groups is 4. The summed E-state index contributed by atoms with van der Waals surface area (Å²) in [5, 5.41) is 2.66. The highest BCUT2D eigenvalue weighted by Gasteiger charge is 2.51. The van der Waals surface area contributed by atoms with Gasteiger partial charge in [-0.2, -0.15) is 0 Å². The molecular weight excluding hydrogens is 458 g/mol. The molecule has 10 heteroatoms. The highest BCUT2D eigenvalue weighted by molar-refractivity contribution is 6.01. The van der Waals surface area contributed by atoms with Gasteiger partial charge in [-0.3, -0.25) is 9.59 Å². The summed E-state index contributed by atoms with van der Waals surface area (Å²) in [5.74, 6) is -2.11. The quantitative estimate of drug-likeness (QED) is 0.487. The first-order valence-electron chi connectivity index (χ1n) is 11.0. The number of para-hydroxylation sites is 2. The maximum Gasteiger partial charge on any atom is 0.342 e. The van der Waals surface area contributed by atoms with Gasteiger partial charge in [0.25, 0.3) is 0 Å². The van der Waals surface area contributed by atoms with Gasteiger partial charge in [0.2, 0.25) is 5.91 Å². The summed E-state index contributed by atoms with van der Waals surface area (Å²) in [5.41, 5.74) is 1.41. The van der Waals surface area contributed by atoms with E-state index in [0.29, 0.717) is 11.3 Å². The van der Waals surface area contributed by atoms with E-state index in [-0.39, 0.29) is 36.0 Å². The van der Waals surface area contributed by atoms with Crippen LogP contribution in [0, 0.1) is 6.92 Å². The Morgan fingerprint density at radius 3 is 2.00 bits per heavy atom. The molecule has 2 fully saturated rings. The van der Waals surface area contributed by atoms with E-state index in [0.717, 1.165) is 0 Å². The van der Waals surface area contributed by atoms with Crippen LogP contribution in [-0.4, -0.2) is 61.4 Å². The van der Waals surface area contributed by atoms with Gasteiger partial charge in [0, 0.05) is 13.8 Å². The van der Waals surface area contributed by atoms with Crippen molar-refractivity contribution in [2.45, 2.75) is 45.2 Å². The predicted octanol–water partition coefficient (Wildman–Crippen LogP) is 2.43. The molecule has 4 rings (SSSR count). The molecule has 1 unspecified atom stereocenters. The Labute approximate surface area is 201 Å². The van der Waals surface area contributed by atoms with Gasteiger partial charge < -0.3 is 29.0 Å². The summed E-state index contributed by atoms with van der Waals surface area (Å²) in [6.45, 7) is 4.47. The van der Waals surface area contributed by atoms with Crippen molar-refractivity contribution in [2.24, 2.45) is 0 Å². The van der Waals surface area contributed by atoms with Gasteiger partial charge >= 0.3 is 17.9 Å². The Kier molecular flexibility index (Phi) is 7.13. The lowest BCUT2D eigenvalue weighted by Gasteiger charge is -2.19. The van der Waals surface area contributed by atoms with Crippen molar-refractivity contribution >= 4 is 29.5 Å². The fourth-order valence-electron chi connectivity index (χ4n) is 4.09. The Balaban J connectivity index is 1.42. The van der Waals surface area contributed by atoms with Crippen molar-refractivity contribution in [1.82, 2.24) is 0 Å². The van der Waals surface area contributed by atoms with Crippen molar-refractivity contribution in [3.63, 3.8) is 0 Å². The number of fused-ring (bicyclic) bond motifs is 1. The number of amides is 1. The third kappa shape index (κ3) is 5.33. The molecule has 0 bridgehead atoms. The minimum Gasteiger partial charge on any atom is -0.453 e. The number of esters is 3. The van der Waals surface area contributed by atoms with Gasteiger partial charge in [-0.15, -0.1) is 0 Å². The number of benzene rings is 2. The molecule has 0 saturated carbocycles. The van der Waals surface area contributed by atoms with Gasteiger partial charge in [0.1, 0.15) is 23.5 Å². The minimum absolute atomic E-state index is 0.0481. The fraction of sp³-hybridized carbons (Fsp3) is 0.360. The van der Waals surface area contributed by atoms with Gasteiger partial charge in [-0.1, -0.05) is 24.3 Å². The first-order chi connectivity index (χ1) is 16.7. The molecule has 1 N–H and O–H groups in total. The smallest absolute Gasteiger partial charge is 0.342 e. The molecule has 4 atom stereocenters. The number of hydrogen-bond acceptors (Lipinski definition) is 9. The second-order valence-electron chi connectivity index (χ2n) is 8.25. The molecule has 1 amide bonds. The zero-order chi connectivity index (χ0) is 25.1. The molecule has 0 aromatic heterocycles. The number of hydrogen-bond donors (Lipinski definition) is 1. The fourth-order valence-corrected chi connectivity index (χ4v) is 4.09. The monoisotopic (exact) mass is 483 g/mol. The third-order valence-corrected chi connectivity index (χ3v) is 5.63. The van der Waals surface area contributed by atoms with Crippen LogP contribution in [0.25, 0.3) is 0 Å². The van der Waals surface area contributed by atoms with Crippen LogP contribution >= 0.6 is 0 Å². The Morgan fingerprint density at radius 2 is 1.40 bits per heavy atom. The van der Waals surface area contributed by atoms with E-state index in [1.165, 1.54) is 26.0 Å². The second kappa shape index (κ2) is 10.2. The molecule has 10 nitrogen and oxygen atoms in total. The average molecular weight is 483 g/mol. The van der Waals surface area contributed by atoms with Crippen molar-refractivity contribution in [3.8, 4) is 5.75 Å². The maximum absolute atomic E-state index is 12.9. The van der Waals surface area contributed by atoms with E-state index in [1.54, 1.807) is 37.3 Å². The maximum atomic E-state index is 12.9. The highest BCUT2D eigenvalue weighted by Crippen LogP contribution is 2.33. The molecular formula is C25H25NO9. The number of ether oxygens (including phenoxy) is 5. The molecule has 184 valence electrons. The van der Waals surface area contributed by atoms with Crippen LogP contribution in [0.2, 0.25) is 0 Å². The summed E-state index contributed by atoms with van der Waals surface area (Å²) in [7, 11) is 0. The summed E-state index contributed by atoms with van der Waals surface area (Å²) < 4.78 is 27.8. The van der Waals surface area contributed by atoms with E-state index < -0.39 is 42.3 Å². The van der Waals surface area contributed by atoms with E-state index in [2.05, 4.69) is 5.32 Å². The number of aryl methyl sites for hydroxylation is 1. The van der Waals surface area contributed by atoms with Crippen LogP contribution in [0.5, 0.6) is 5.75 Å². The van der Waals surface area contributed by atoms with Crippen molar-refractivity contribution in [1.29, 1.82) is 0 Å². The number of carbonyl (C=O) groups excluding carboxylic acids is 4. The molecule has 2 aliphatic heterocycles. The molecule has 0 spiro atoms. The van der Waals surface area contributed by atoms with Crippen LogP contribution in [0.15, 0.2) is 42.5 Å². The number of rotatable bonds is 6. The van der Waals surface area contributed by atoms with Gasteiger partial charge in [-0.25, -0.2) is 9.59 Å². The molecule has 2 aromatic rings. The molecule has 2 heterocycles. The first-order valence-corrected chi connectivity index (χ1v) is 11.0. The van der Waals surface area contributed by atoms with Crippen LogP contribution in [0.4, 0.5) is 5.69 Å². The Morgan fingerprint density at radius 1 is 0.829 bits per heavy atom. The molecule has 0 radical (unpaired) electrons. The summed E-state index contributed by atoms with van der Waals surface area (Å²) in [4.78, 5) is 48.5. The van der Waals surface area contributed by atoms with Crippen LogP contribution < -0.4 is 10.1 Å². The van der Waals surface area contributed by atoms with E-state index in [1.807, 2.05) is 0 Å². The van der Waals surface area contributed by atoms with E-state index in [4.69, 9.17) is 23.7 Å². The summed E-state index contributed by atoms with van der Waals surface area (Å²) in [6, 6.07) is 11.3. The average Bonchev–Trinajstić information content (AvgIpc) is 3.38.